The smallest absolute Gasteiger partial charge is 0.337 e. The molecule has 0 saturated heterocycles. The standard InChI is InChI=1S/C18H18BrNO5/c1-3-24-15-8-5-11(9-16(15)25-4-2)17(21)20-14-7-6-12(19)10-13(14)18(22)23/h5-10H,3-4H2,1-2H3,(H,20,21)(H,22,23). The van der Waals surface area contributed by atoms with Gasteiger partial charge in [0.05, 0.1) is 24.5 Å². The van der Waals surface area contributed by atoms with Crippen molar-refractivity contribution in [3.05, 3.63) is 52.0 Å². The molecule has 0 atom stereocenters. The third-order valence-corrected chi connectivity index (χ3v) is 3.76. The van der Waals surface area contributed by atoms with E-state index in [1.165, 1.54) is 12.1 Å². The van der Waals surface area contributed by atoms with E-state index in [1.807, 2.05) is 13.8 Å². The first-order valence-corrected chi connectivity index (χ1v) is 8.49. The van der Waals surface area contributed by atoms with E-state index in [0.717, 1.165) is 0 Å². The minimum absolute atomic E-state index is 0.00121. The predicted molar refractivity (Wildman–Crippen MR) is 97.8 cm³/mol. The molecule has 0 heterocycles. The van der Waals surface area contributed by atoms with Crippen molar-refractivity contribution in [3.8, 4) is 11.5 Å². The summed E-state index contributed by atoms with van der Waals surface area (Å²) in [6.45, 7) is 4.61. The maximum Gasteiger partial charge on any atom is 0.337 e. The van der Waals surface area contributed by atoms with Crippen LogP contribution in [-0.4, -0.2) is 30.2 Å². The zero-order chi connectivity index (χ0) is 18.4. The Morgan fingerprint density at radius 1 is 1.04 bits per heavy atom. The molecule has 2 aromatic carbocycles. The van der Waals surface area contributed by atoms with Crippen LogP contribution in [0.4, 0.5) is 5.69 Å². The fourth-order valence-electron chi connectivity index (χ4n) is 2.19. The maximum atomic E-state index is 12.5. The van der Waals surface area contributed by atoms with Crippen molar-refractivity contribution >= 4 is 33.5 Å². The van der Waals surface area contributed by atoms with Crippen LogP contribution in [0.25, 0.3) is 0 Å². The number of carboxylic acid groups (broad SMARTS) is 1. The van der Waals surface area contributed by atoms with Gasteiger partial charge in [-0.25, -0.2) is 4.79 Å². The average Bonchev–Trinajstić information content (AvgIpc) is 2.58. The summed E-state index contributed by atoms with van der Waals surface area (Å²) in [5, 5.41) is 11.9. The average molecular weight is 408 g/mol. The summed E-state index contributed by atoms with van der Waals surface area (Å²) in [5.74, 6) is -0.547. The van der Waals surface area contributed by atoms with Crippen LogP contribution < -0.4 is 14.8 Å². The number of amides is 1. The Morgan fingerprint density at radius 3 is 2.36 bits per heavy atom. The van der Waals surface area contributed by atoms with Crippen molar-refractivity contribution in [1.29, 1.82) is 0 Å². The third-order valence-electron chi connectivity index (χ3n) is 3.27. The number of carbonyl (C=O) groups excluding carboxylic acids is 1. The Bertz CT molecular complexity index is 791. The summed E-state index contributed by atoms with van der Waals surface area (Å²) in [4.78, 5) is 23.8. The van der Waals surface area contributed by atoms with Crippen LogP contribution in [0.5, 0.6) is 11.5 Å². The van der Waals surface area contributed by atoms with E-state index in [9.17, 15) is 14.7 Å². The Kier molecular flexibility index (Phi) is 6.41. The predicted octanol–water partition coefficient (Wildman–Crippen LogP) is 4.20. The lowest BCUT2D eigenvalue weighted by atomic mass is 10.1. The summed E-state index contributed by atoms with van der Waals surface area (Å²) in [6, 6.07) is 9.45. The number of carbonyl (C=O) groups is 2. The fourth-order valence-corrected chi connectivity index (χ4v) is 2.55. The van der Waals surface area contributed by atoms with Crippen LogP contribution in [-0.2, 0) is 0 Å². The second-order valence-electron chi connectivity index (χ2n) is 4.98. The second kappa shape index (κ2) is 8.53. The number of nitrogens with one attached hydrogen (secondary N) is 1. The van der Waals surface area contributed by atoms with Crippen molar-refractivity contribution in [2.45, 2.75) is 13.8 Å². The molecule has 0 bridgehead atoms. The molecular weight excluding hydrogens is 390 g/mol. The van der Waals surface area contributed by atoms with E-state index in [2.05, 4.69) is 21.2 Å². The molecule has 25 heavy (non-hydrogen) atoms. The molecule has 132 valence electrons. The number of anilines is 1. The molecule has 0 spiro atoms. The highest BCUT2D eigenvalue weighted by atomic mass is 79.9. The number of rotatable bonds is 7. The minimum Gasteiger partial charge on any atom is -0.490 e. The zero-order valence-electron chi connectivity index (χ0n) is 13.8. The van der Waals surface area contributed by atoms with Gasteiger partial charge in [-0.2, -0.15) is 0 Å². The van der Waals surface area contributed by atoms with Crippen molar-refractivity contribution in [3.63, 3.8) is 0 Å². The molecule has 6 nitrogen and oxygen atoms in total. The van der Waals surface area contributed by atoms with Gasteiger partial charge in [-0.05, 0) is 50.2 Å². The van der Waals surface area contributed by atoms with Gasteiger partial charge in [0.15, 0.2) is 11.5 Å². The summed E-state index contributed by atoms with van der Waals surface area (Å²) >= 11 is 3.22. The third kappa shape index (κ3) is 4.73. The molecule has 0 radical (unpaired) electrons. The van der Waals surface area contributed by atoms with Crippen LogP contribution in [0.15, 0.2) is 40.9 Å². The number of hydrogen-bond donors (Lipinski definition) is 2. The minimum atomic E-state index is -1.13. The van der Waals surface area contributed by atoms with E-state index < -0.39 is 11.9 Å². The molecule has 2 aromatic rings. The molecule has 7 heteroatoms. The van der Waals surface area contributed by atoms with Crippen LogP contribution in [0.2, 0.25) is 0 Å². The first-order chi connectivity index (χ1) is 12.0. The Labute approximate surface area is 153 Å². The van der Waals surface area contributed by atoms with Gasteiger partial charge in [0.1, 0.15) is 0 Å². The Balaban J connectivity index is 2.29. The van der Waals surface area contributed by atoms with Gasteiger partial charge in [-0.3, -0.25) is 4.79 Å². The fraction of sp³-hybridized carbons (Fsp3) is 0.222. The highest BCUT2D eigenvalue weighted by Gasteiger charge is 2.16. The van der Waals surface area contributed by atoms with Crippen molar-refractivity contribution in [2.24, 2.45) is 0 Å². The number of halogens is 1. The Morgan fingerprint density at radius 2 is 1.72 bits per heavy atom. The SMILES string of the molecule is CCOc1ccc(C(=O)Nc2ccc(Br)cc2C(=O)O)cc1OCC. The molecule has 2 N–H and O–H groups in total. The van der Waals surface area contributed by atoms with Crippen molar-refractivity contribution in [2.75, 3.05) is 18.5 Å². The topological polar surface area (TPSA) is 84.9 Å². The first-order valence-electron chi connectivity index (χ1n) is 7.70. The molecule has 0 aliphatic rings. The number of carboxylic acids is 1. The highest BCUT2D eigenvalue weighted by molar-refractivity contribution is 9.10. The van der Waals surface area contributed by atoms with E-state index in [0.29, 0.717) is 34.7 Å². The summed E-state index contributed by atoms with van der Waals surface area (Å²) in [5.41, 5.74) is 0.553. The van der Waals surface area contributed by atoms with Crippen molar-refractivity contribution in [1.82, 2.24) is 0 Å². The molecule has 0 aliphatic carbocycles. The number of benzene rings is 2. The number of ether oxygens (including phenoxy) is 2. The summed E-state index contributed by atoms with van der Waals surface area (Å²) in [6.07, 6.45) is 0. The van der Waals surface area contributed by atoms with Crippen LogP contribution >= 0.6 is 15.9 Å². The van der Waals surface area contributed by atoms with Gasteiger partial charge in [0.2, 0.25) is 0 Å². The molecular formula is C18H18BrNO5. The van der Waals surface area contributed by atoms with E-state index in [-0.39, 0.29) is 11.3 Å². The van der Waals surface area contributed by atoms with Gasteiger partial charge >= 0.3 is 5.97 Å². The molecule has 0 fully saturated rings. The molecule has 0 unspecified atom stereocenters. The number of hydrogen-bond acceptors (Lipinski definition) is 4. The summed E-state index contributed by atoms with van der Waals surface area (Å²) < 4.78 is 11.6. The van der Waals surface area contributed by atoms with Gasteiger partial charge < -0.3 is 19.9 Å². The second-order valence-corrected chi connectivity index (χ2v) is 5.89. The van der Waals surface area contributed by atoms with Crippen LogP contribution in [0.3, 0.4) is 0 Å². The number of aromatic carboxylic acids is 1. The lowest BCUT2D eigenvalue weighted by Gasteiger charge is -2.13. The van der Waals surface area contributed by atoms with Gasteiger partial charge in [-0.15, -0.1) is 0 Å². The van der Waals surface area contributed by atoms with E-state index in [4.69, 9.17) is 9.47 Å². The Hall–Kier alpha value is -2.54. The lowest BCUT2D eigenvalue weighted by molar-refractivity contribution is 0.0698. The highest BCUT2D eigenvalue weighted by Crippen LogP contribution is 2.29. The molecule has 2 rings (SSSR count). The molecule has 1 amide bonds. The zero-order valence-corrected chi connectivity index (χ0v) is 15.4. The van der Waals surface area contributed by atoms with E-state index in [1.54, 1.807) is 24.3 Å². The normalized spacial score (nSPS) is 10.2. The van der Waals surface area contributed by atoms with Gasteiger partial charge in [-0.1, -0.05) is 15.9 Å². The van der Waals surface area contributed by atoms with Crippen LogP contribution in [0, 0.1) is 0 Å². The molecule has 0 saturated carbocycles. The van der Waals surface area contributed by atoms with Gasteiger partial charge in [0, 0.05) is 10.0 Å². The molecule has 0 aromatic heterocycles. The maximum absolute atomic E-state index is 12.5. The first kappa shape index (κ1) is 18.8. The van der Waals surface area contributed by atoms with Gasteiger partial charge in [0.25, 0.3) is 5.91 Å². The largest absolute Gasteiger partial charge is 0.490 e. The van der Waals surface area contributed by atoms with E-state index >= 15 is 0 Å². The van der Waals surface area contributed by atoms with Crippen LogP contribution in [0.1, 0.15) is 34.6 Å². The quantitative estimate of drug-likeness (QED) is 0.718. The monoisotopic (exact) mass is 407 g/mol. The summed E-state index contributed by atoms with van der Waals surface area (Å²) in [7, 11) is 0. The van der Waals surface area contributed by atoms with Crippen molar-refractivity contribution < 1.29 is 24.2 Å². The lowest BCUT2D eigenvalue weighted by Crippen LogP contribution is -2.15. The molecule has 0 aliphatic heterocycles.